The number of carbonyl (C=O) groups excluding carboxylic acids is 2. The number of allylic oxidation sites excluding steroid dienone is 1. The van der Waals surface area contributed by atoms with Gasteiger partial charge in [-0.2, -0.15) is 0 Å². The molecule has 0 unspecified atom stereocenters. The quantitative estimate of drug-likeness (QED) is 0.485. The van der Waals surface area contributed by atoms with Crippen molar-refractivity contribution in [3.05, 3.63) is 75.5 Å². The van der Waals surface area contributed by atoms with Crippen molar-refractivity contribution in [2.45, 2.75) is 6.92 Å². The van der Waals surface area contributed by atoms with E-state index in [2.05, 4.69) is 0 Å². The molecular weight excluding hydrogens is 296 g/mol. The minimum absolute atomic E-state index is 0.0309. The second kappa shape index (κ2) is 5.49. The number of rotatable bonds is 2. The van der Waals surface area contributed by atoms with E-state index in [4.69, 9.17) is 0 Å². The van der Waals surface area contributed by atoms with Crippen molar-refractivity contribution in [3.8, 4) is 0 Å². The molecule has 0 bridgehead atoms. The Morgan fingerprint density at radius 2 is 1.78 bits per heavy atom. The fourth-order valence-electron chi connectivity index (χ4n) is 2.55. The van der Waals surface area contributed by atoms with Crippen molar-refractivity contribution >= 4 is 29.1 Å². The largest absolute Gasteiger partial charge is 0.287 e. The summed E-state index contributed by atoms with van der Waals surface area (Å²) in [4.78, 5) is 36.0. The Labute approximate surface area is 131 Å². The summed E-state index contributed by atoms with van der Waals surface area (Å²) in [5.74, 6) is -0.509. The van der Waals surface area contributed by atoms with E-state index in [1.54, 1.807) is 42.5 Å². The van der Waals surface area contributed by atoms with Crippen LogP contribution >= 0.6 is 0 Å². The number of fused-ring (bicyclic) bond motifs is 1. The van der Waals surface area contributed by atoms with Crippen LogP contribution in [0.4, 0.5) is 11.4 Å². The lowest BCUT2D eigenvalue weighted by atomic mass is 10.1. The second-order valence-electron chi connectivity index (χ2n) is 5.08. The Hall–Kier alpha value is -3.28. The number of ketones is 1. The molecule has 1 amide bonds. The van der Waals surface area contributed by atoms with Crippen molar-refractivity contribution in [1.29, 1.82) is 0 Å². The van der Waals surface area contributed by atoms with Crippen LogP contribution in [0.25, 0.3) is 6.08 Å². The number of benzene rings is 2. The zero-order valence-electron chi connectivity index (χ0n) is 12.2. The molecule has 23 heavy (non-hydrogen) atoms. The number of nitrogens with zero attached hydrogens (tertiary/aromatic N) is 2. The van der Waals surface area contributed by atoms with Gasteiger partial charge in [0, 0.05) is 24.6 Å². The van der Waals surface area contributed by atoms with Gasteiger partial charge in [0.05, 0.1) is 16.3 Å². The molecule has 114 valence electrons. The molecule has 6 heteroatoms. The maximum Gasteiger partial charge on any atom is 0.269 e. The third kappa shape index (κ3) is 2.50. The Kier molecular flexibility index (Phi) is 3.50. The van der Waals surface area contributed by atoms with E-state index in [0.717, 1.165) is 0 Å². The van der Waals surface area contributed by atoms with Gasteiger partial charge >= 0.3 is 0 Å². The highest BCUT2D eigenvalue weighted by atomic mass is 16.6. The SMILES string of the molecule is CC(=O)N1C(=Cc2ccc([N+](=O)[O-])cc2)C(=O)c2ccccc21. The van der Waals surface area contributed by atoms with Gasteiger partial charge in [0.15, 0.2) is 0 Å². The lowest BCUT2D eigenvalue weighted by molar-refractivity contribution is -0.384. The smallest absolute Gasteiger partial charge is 0.269 e. The molecular formula is C17H12N2O4. The standard InChI is InChI=1S/C17H12N2O4/c1-11(20)18-15-5-3-2-4-14(15)17(21)16(18)10-12-6-8-13(9-7-12)19(22)23/h2-10H,1H3. The Bertz CT molecular complexity index is 853. The van der Waals surface area contributed by atoms with E-state index in [1.165, 1.54) is 24.0 Å². The molecule has 0 saturated heterocycles. The zero-order chi connectivity index (χ0) is 16.6. The molecule has 0 saturated carbocycles. The summed E-state index contributed by atoms with van der Waals surface area (Å²) in [5.41, 5.74) is 1.84. The van der Waals surface area contributed by atoms with E-state index < -0.39 is 4.92 Å². The second-order valence-corrected chi connectivity index (χ2v) is 5.08. The summed E-state index contributed by atoms with van der Waals surface area (Å²) in [6, 6.07) is 12.7. The predicted molar refractivity (Wildman–Crippen MR) is 85.0 cm³/mol. The molecule has 0 aliphatic carbocycles. The highest BCUT2D eigenvalue weighted by Gasteiger charge is 2.34. The summed E-state index contributed by atoms with van der Waals surface area (Å²) < 4.78 is 0. The molecule has 3 rings (SSSR count). The third-order valence-electron chi connectivity index (χ3n) is 3.59. The zero-order valence-corrected chi connectivity index (χ0v) is 12.2. The predicted octanol–water partition coefficient (Wildman–Crippen LogP) is 3.19. The Balaban J connectivity index is 2.06. The van der Waals surface area contributed by atoms with Gasteiger partial charge < -0.3 is 0 Å². The first-order valence-electron chi connectivity index (χ1n) is 6.89. The topological polar surface area (TPSA) is 80.5 Å². The fourth-order valence-corrected chi connectivity index (χ4v) is 2.55. The first-order valence-corrected chi connectivity index (χ1v) is 6.89. The normalized spacial score (nSPS) is 14.9. The first-order chi connectivity index (χ1) is 11.0. The van der Waals surface area contributed by atoms with E-state index in [1.807, 2.05) is 0 Å². The monoisotopic (exact) mass is 308 g/mol. The van der Waals surface area contributed by atoms with Gasteiger partial charge in [-0.3, -0.25) is 24.6 Å². The molecule has 0 spiro atoms. The summed E-state index contributed by atoms with van der Waals surface area (Å²) in [7, 11) is 0. The number of nitro benzene ring substituents is 1. The molecule has 0 aromatic heterocycles. The Morgan fingerprint density at radius 3 is 2.39 bits per heavy atom. The lowest BCUT2D eigenvalue weighted by Crippen LogP contribution is -2.25. The van der Waals surface area contributed by atoms with Crippen LogP contribution < -0.4 is 4.90 Å². The number of Topliss-reactive ketones (excluding diaryl/α,β-unsaturated/α-hetero) is 1. The third-order valence-corrected chi connectivity index (χ3v) is 3.59. The average molecular weight is 308 g/mol. The van der Waals surface area contributed by atoms with Gasteiger partial charge in [-0.1, -0.05) is 12.1 Å². The minimum atomic E-state index is -0.491. The number of amides is 1. The molecule has 1 aliphatic rings. The van der Waals surface area contributed by atoms with Crippen LogP contribution in [-0.4, -0.2) is 16.6 Å². The summed E-state index contributed by atoms with van der Waals surface area (Å²) >= 11 is 0. The van der Waals surface area contributed by atoms with E-state index in [9.17, 15) is 19.7 Å². The van der Waals surface area contributed by atoms with E-state index in [0.29, 0.717) is 16.8 Å². The number of hydrogen-bond donors (Lipinski definition) is 0. The van der Waals surface area contributed by atoms with E-state index >= 15 is 0 Å². The van der Waals surface area contributed by atoms with Crippen molar-refractivity contribution < 1.29 is 14.5 Å². The number of hydrogen-bond acceptors (Lipinski definition) is 4. The van der Waals surface area contributed by atoms with E-state index in [-0.39, 0.29) is 23.1 Å². The highest BCUT2D eigenvalue weighted by Crippen LogP contribution is 2.35. The van der Waals surface area contributed by atoms with Crippen LogP contribution in [-0.2, 0) is 4.79 Å². The van der Waals surface area contributed by atoms with Gasteiger partial charge in [0.25, 0.3) is 5.69 Å². The van der Waals surface area contributed by atoms with Gasteiger partial charge in [0.2, 0.25) is 11.7 Å². The van der Waals surface area contributed by atoms with Crippen molar-refractivity contribution in [2.75, 3.05) is 4.90 Å². The average Bonchev–Trinajstić information content (AvgIpc) is 2.81. The maximum absolute atomic E-state index is 12.5. The number of nitro groups is 1. The first kappa shape index (κ1) is 14.6. The summed E-state index contributed by atoms with van der Waals surface area (Å²) in [5, 5.41) is 10.7. The molecule has 1 aliphatic heterocycles. The lowest BCUT2D eigenvalue weighted by Gasteiger charge is -2.15. The number of non-ortho nitro benzene ring substituents is 1. The molecule has 0 atom stereocenters. The molecule has 2 aromatic carbocycles. The van der Waals surface area contributed by atoms with Crippen molar-refractivity contribution in [1.82, 2.24) is 0 Å². The van der Waals surface area contributed by atoms with Gasteiger partial charge in [-0.25, -0.2) is 0 Å². The number of anilines is 1. The molecule has 0 N–H and O–H groups in total. The van der Waals surface area contributed by atoms with Crippen LogP contribution in [0.1, 0.15) is 22.8 Å². The summed E-state index contributed by atoms with van der Waals surface area (Å²) in [6.45, 7) is 1.39. The summed E-state index contributed by atoms with van der Waals surface area (Å²) in [6.07, 6.45) is 1.56. The molecule has 2 aromatic rings. The van der Waals surface area contributed by atoms with Gasteiger partial charge in [0.1, 0.15) is 0 Å². The Morgan fingerprint density at radius 1 is 1.13 bits per heavy atom. The fraction of sp³-hybridized carbons (Fsp3) is 0.0588. The number of carbonyl (C=O) groups is 2. The highest BCUT2D eigenvalue weighted by molar-refractivity contribution is 6.26. The maximum atomic E-state index is 12.5. The molecule has 0 radical (unpaired) electrons. The van der Waals surface area contributed by atoms with Crippen molar-refractivity contribution in [2.24, 2.45) is 0 Å². The molecule has 0 fully saturated rings. The van der Waals surface area contributed by atoms with Crippen LogP contribution in [0.3, 0.4) is 0 Å². The van der Waals surface area contributed by atoms with Crippen LogP contribution in [0.15, 0.2) is 54.2 Å². The van der Waals surface area contributed by atoms with Gasteiger partial charge in [-0.15, -0.1) is 0 Å². The van der Waals surface area contributed by atoms with Gasteiger partial charge in [-0.05, 0) is 35.9 Å². The number of para-hydroxylation sites is 1. The van der Waals surface area contributed by atoms with Crippen LogP contribution in [0, 0.1) is 10.1 Å². The van der Waals surface area contributed by atoms with Crippen LogP contribution in [0.5, 0.6) is 0 Å². The minimum Gasteiger partial charge on any atom is -0.287 e. The molecule has 6 nitrogen and oxygen atoms in total. The molecule has 1 heterocycles. The van der Waals surface area contributed by atoms with Crippen LogP contribution in [0.2, 0.25) is 0 Å². The van der Waals surface area contributed by atoms with Crippen molar-refractivity contribution in [3.63, 3.8) is 0 Å².